The Bertz CT molecular complexity index is 828. The van der Waals surface area contributed by atoms with Crippen molar-refractivity contribution in [1.29, 1.82) is 0 Å². The second kappa shape index (κ2) is 6.97. The fourth-order valence-corrected chi connectivity index (χ4v) is 3.00. The van der Waals surface area contributed by atoms with Gasteiger partial charge in [-0.25, -0.2) is 0 Å². The summed E-state index contributed by atoms with van der Waals surface area (Å²) in [6.45, 7) is 0.0124. The zero-order valence-electron chi connectivity index (χ0n) is 11.4. The van der Waals surface area contributed by atoms with E-state index in [4.69, 9.17) is 55.6 Å². The number of hydrogen-bond donors (Lipinski definition) is 0. The van der Waals surface area contributed by atoms with E-state index in [-0.39, 0.29) is 12.5 Å². The minimum absolute atomic E-state index is 0.0124. The molecule has 8 heteroatoms. The summed E-state index contributed by atoms with van der Waals surface area (Å²) < 4.78 is 11.1. The van der Waals surface area contributed by atoms with E-state index < -0.39 is 0 Å². The van der Waals surface area contributed by atoms with Gasteiger partial charge in [0.05, 0.1) is 20.6 Å². The van der Waals surface area contributed by atoms with E-state index in [0.29, 0.717) is 37.3 Å². The summed E-state index contributed by atoms with van der Waals surface area (Å²) >= 11 is 24.0. The van der Waals surface area contributed by atoms with Crippen molar-refractivity contribution in [1.82, 2.24) is 10.2 Å². The van der Waals surface area contributed by atoms with E-state index in [1.54, 1.807) is 12.1 Å². The molecule has 0 radical (unpaired) electrons. The van der Waals surface area contributed by atoms with Crippen molar-refractivity contribution in [3.8, 4) is 17.2 Å². The average Bonchev–Trinajstić information content (AvgIpc) is 2.95. The SMILES string of the molecule is Clc1cc(Cl)c(OCc2nnc(-c3ccccc3Cl)o2)c(Cl)c1. The quantitative estimate of drug-likeness (QED) is 0.554. The highest BCUT2D eigenvalue weighted by Gasteiger charge is 2.14. The number of ether oxygens (including phenoxy) is 1. The third kappa shape index (κ3) is 3.72. The fraction of sp³-hybridized carbons (Fsp3) is 0.0667. The molecule has 0 aliphatic heterocycles. The topological polar surface area (TPSA) is 48.2 Å². The first-order valence-corrected chi connectivity index (χ1v) is 7.90. The van der Waals surface area contributed by atoms with Crippen LogP contribution in [-0.4, -0.2) is 10.2 Å². The maximum Gasteiger partial charge on any atom is 0.254 e. The van der Waals surface area contributed by atoms with Gasteiger partial charge in [-0.3, -0.25) is 0 Å². The Morgan fingerprint density at radius 2 is 1.61 bits per heavy atom. The van der Waals surface area contributed by atoms with Crippen LogP contribution >= 0.6 is 46.4 Å². The maximum absolute atomic E-state index is 6.09. The Hall–Kier alpha value is -1.46. The lowest BCUT2D eigenvalue weighted by Crippen LogP contribution is -1.97. The van der Waals surface area contributed by atoms with E-state index in [1.165, 1.54) is 12.1 Å². The van der Waals surface area contributed by atoms with Crippen molar-refractivity contribution < 1.29 is 9.15 Å². The molecule has 0 aliphatic carbocycles. The molecule has 1 heterocycles. The van der Waals surface area contributed by atoms with Crippen LogP contribution in [-0.2, 0) is 6.61 Å². The second-order valence-electron chi connectivity index (χ2n) is 4.47. The number of rotatable bonds is 4. The van der Waals surface area contributed by atoms with Gasteiger partial charge in [0.15, 0.2) is 12.4 Å². The summed E-state index contributed by atoms with van der Waals surface area (Å²) in [7, 11) is 0. The summed E-state index contributed by atoms with van der Waals surface area (Å²) in [6.07, 6.45) is 0. The Morgan fingerprint density at radius 1 is 0.913 bits per heavy atom. The largest absolute Gasteiger partial charge is 0.481 e. The van der Waals surface area contributed by atoms with Gasteiger partial charge in [0.2, 0.25) is 5.89 Å². The molecule has 0 bridgehead atoms. The maximum atomic E-state index is 6.09. The molecule has 0 saturated heterocycles. The van der Waals surface area contributed by atoms with Crippen LogP contribution in [0.3, 0.4) is 0 Å². The molecule has 0 aliphatic rings. The van der Waals surface area contributed by atoms with E-state index in [9.17, 15) is 0 Å². The van der Waals surface area contributed by atoms with Crippen molar-refractivity contribution in [2.24, 2.45) is 0 Å². The lowest BCUT2D eigenvalue weighted by molar-refractivity contribution is 0.265. The van der Waals surface area contributed by atoms with E-state index in [2.05, 4.69) is 10.2 Å². The minimum Gasteiger partial charge on any atom is -0.481 e. The number of halogens is 4. The lowest BCUT2D eigenvalue weighted by atomic mass is 10.2. The number of benzene rings is 2. The molecule has 0 fully saturated rings. The van der Waals surface area contributed by atoms with Gasteiger partial charge in [0.1, 0.15) is 0 Å². The molecule has 2 aromatic carbocycles. The molecule has 3 aromatic rings. The van der Waals surface area contributed by atoms with Gasteiger partial charge in [0.25, 0.3) is 5.89 Å². The van der Waals surface area contributed by atoms with Crippen LogP contribution in [0.4, 0.5) is 0 Å². The smallest absolute Gasteiger partial charge is 0.254 e. The summed E-state index contributed by atoms with van der Waals surface area (Å²) in [4.78, 5) is 0. The van der Waals surface area contributed by atoms with Crippen LogP contribution in [0.25, 0.3) is 11.5 Å². The van der Waals surface area contributed by atoms with Crippen LogP contribution in [0, 0.1) is 0 Å². The molecule has 0 unspecified atom stereocenters. The predicted molar refractivity (Wildman–Crippen MR) is 90.5 cm³/mol. The predicted octanol–water partition coefficient (Wildman–Crippen LogP) is 5.93. The fourth-order valence-electron chi connectivity index (χ4n) is 1.86. The molecule has 0 spiro atoms. The van der Waals surface area contributed by atoms with Crippen LogP contribution in [0.2, 0.25) is 20.1 Å². The van der Waals surface area contributed by atoms with Crippen molar-refractivity contribution in [2.75, 3.05) is 0 Å². The molecule has 1 aromatic heterocycles. The summed E-state index contributed by atoms with van der Waals surface area (Å²) in [6, 6.07) is 10.2. The number of nitrogens with zero attached hydrogens (tertiary/aromatic N) is 2. The minimum atomic E-state index is 0.0124. The molecule has 23 heavy (non-hydrogen) atoms. The van der Waals surface area contributed by atoms with Gasteiger partial charge in [-0.1, -0.05) is 58.5 Å². The Morgan fingerprint density at radius 3 is 2.30 bits per heavy atom. The molecule has 3 rings (SSSR count). The van der Waals surface area contributed by atoms with Crippen LogP contribution in [0.5, 0.6) is 5.75 Å². The molecule has 0 N–H and O–H groups in total. The van der Waals surface area contributed by atoms with Gasteiger partial charge >= 0.3 is 0 Å². The highest BCUT2D eigenvalue weighted by molar-refractivity contribution is 6.40. The highest BCUT2D eigenvalue weighted by Crippen LogP contribution is 2.36. The van der Waals surface area contributed by atoms with Crippen molar-refractivity contribution in [2.45, 2.75) is 6.61 Å². The first-order chi connectivity index (χ1) is 11.0. The van der Waals surface area contributed by atoms with Crippen LogP contribution < -0.4 is 4.74 Å². The molecule has 118 valence electrons. The Labute approximate surface area is 151 Å². The Kier molecular flexibility index (Phi) is 4.97. The first kappa shape index (κ1) is 16.4. The van der Waals surface area contributed by atoms with E-state index in [1.807, 2.05) is 12.1 Å². The van der Waals surface area contributed by atoms with Gasteiger partial charge in [-0.05, 0) is 24.3 Å². The Balaban J connectivity index is 1.77. The molecule has 0 atom stereocenters. The van der Waals surface area contributed by atoms with Crippen molar-refractivity contribution in [3.05, 3.63) is 62.4 Å². The van der Waals surface area contributed by atoms with E-state index in [0.717, 1.165) is 0 Å². The highest BCUT2D eigenvalue weighted by atomic mass is 35.5. The number of hydrogen-bond acceptors (Lipinski definition) is 4. The second-order valence-corrected chi connectivity index (χ2v) is 6.13. The van der Waals surface area contributed by atoms with E-state index >= 15 is 0 Å². The first-order valence-electron chi connectivity index (χ1n) is 6.39. The van der Waals surface area contributed by atoms with Crippen molar-refractivity contribution >= 4 is 46.4 Å². The zero-order chi connectivity index (χ0) is 16.4. The average molecular weight is 390 g/mol. The third-order valence-corrected chi connectivity index (χ3v) is 3.98. The van der Waals surface area contributed by atoms with Crippen molar-refractivity contribution in [3.63, 3.8) is 0 Å². The normalized spacial score (nSPS) is 10.8. The number of aromatic nitrogens is 2. The molecular weight excluding hydrogens is 382 g/mol. The van der Waals surface area contributed by atoms with Gasteiger partial charge < -0.3 is 9.15 Å². The molecule has 4 nitrogen and oxygen atoms in total. The monoisotopic (exact) mass is 388 g/mol. The van der Waals surface area contributed by atoms with Gasteiger partial charge in [-0.15, -0.1) is 10.2 Å². The standard InChI is InChI=1S/C15H8Cl4N2O2/c16-8-5-11(18)14(12(19)6-8)22-7-13-20-21-15(23-13)9-3-1-2-4-10(9)17/h1-6H,7H2. The van der Waals surface area contributed by atoms with Crippen LogP contribution in [0.1, 0.15) is 5.89 Å². The van der Waals surface area contributed by atoms with Gasteiger partial charge in [0, 0.05) is 5.02 Å². The molecule has 0 amide bonds. The summed E-state index contributed by atoms with van der Waals surface area (Å²) in [5.74, 6) is 0.875. The molecule has 0 saturated carbocycles. The summed E-state index contributed by atoms with van der Waals surface area (Å²) in [5.41, 5.74) is 0.649. The lowest BCUT2D eigenvalue weighted by Gasteiger charge is -2.08. The van der Waals surface area contributed by atoms with Gasteiger partial charge in [-0.2, -0.15) is 0 Å². The summed E-state index contributed by atoms with van der Waals surface area (Å²) in [5, 5.41) is 9.41. The molecular formula is C15H8Cl4N2O2. The third-order valence-electron chi connectivity index (χ3n) is 2.87. The van der Waals surface area contributed by atoms with Crippen LogP contribution in [0.15, 0.2) is 40.8 Å². The zero-order valence-corrected chi connectivity index (χ0v) is 14.4.